The Labute approximate surface area is 343 Å². The van der Waals surface area contributed by atoms with Crippen molar-refractivity contribution < 1.29 is 151 Å². The molecular formula is C31H41Ac2NO13. The van der Waals surface area contributed by atoms with Crippen LogP contribution in [0.5, 0.6) is 0 Å². The minimum Gasteiger partial charge on any atom is -0.467 e. The molecule has 1 aliphatic heterocycles. The van der Waals surface area contributed by atoms with Gasteiger partial charge in [-0.3, -0.25) is 14.4 Å². The number of carbonyl (C=O) groups excluding carboxylic acids is 4. The normalized spacial score (nSPS) is 38.3. The first kappa shape index (κ1) is 41.2. The third-order valence-electron chi connectivity index (χ3n) is 10.7. The fourth-order valence-electron chi connectivity index (χ4n) is 8.14. The third-order valence-corrected chi connectivity index (χ3v) is 10.7. The molecule has 4 aliphatic rings. The van der Waals surface area contributed by atoms with E-state index in [1.807, 2.05) is 0 Å². The van der Waals surface area contributed by atoms with Crippen LogP contribution in [0.3, 0.4) is 0 Å². The average molecular weight is 1090 g/mol. The van der Waals surface area contributed by atoms with Crippen molar-refractivity contribution in [2.75, 3.05) is 6.61 Å². The number of Topliss-reactive ketones (excluding diaryl/α,β-unsaturated/α-hetero) is 1. The number of amides is 1. The van der Waals surface area contributed by atoms with E-state index in [0.717, 1.165) is 6.92 Å². The maximum Gasteiger partial charge on any atom is 0.338 e. The van der Waals surface area contributed by atoms with Gasteiger partial charge < -0.3 is 49.5 Å². The summed E-state index contributed by atoms with van der Waals surface area (Å²) in [4.78, 5) is 52.2. The SMILES string of the molecule is CC(=O)N[C@@H](c1ccco1)[C@@H](O)C(=O)OC1C[C@@]2(O)[C@@H](OC(C)=O)[C@@H]3[C@]4(O)CO[C@@H]4C[C@H](O)[C@@]3(C)C(=O)[C@H](O)C(=C1C)C2(C)C.[Ac].[Ac]. The van der Waals surface area contributed by atoms with Crippen LogP contribution in [0.15, 0.2) is 34.0 Å². The van der Waals surface area contributed by atoms with E-state index in [0.29, 0.717) is 0 Å². The molecule has 1 aromatic rings. The Kier molecular flexibility index (Phi) is 12.6. The molecule has 3 fully saturated rings. The molecule has 1 amide bonds. The monoisotopic (exact) mass is 1090 g/mol. The van der Waals surface area contributed by atoms with Crippen molar-refractivity contribution >= 4 is 23.6 Å². The number of furan rings is 1. The van der Waals surface area contributed by atoms with Crippen LogP contribution >= 0.6 is 0 Å². The summed E-state index contributed by atoms with van der Waals surface area (Å²) in [6, 6.07) is 1.61. The van der Waals surface area contributed by atoms with E-state index in [1.54, 1.807) is 0 Å². The number of ether oxygens (including phenoxy) is 3. The molecule has 1 aromatic heterocycles. The predicted molar refractivity (Wildman–Crippen MR) is 151 cm³/mol. The molecule has 5 rings (SSSR count). The molecule has 3 aliphatic carbocycles. The van der Waals surface area contributed by atoms with E-state index in [-0.39, 0.29) is 118 Å². The summed E-state index contributed by atoms with van der Waals surface area (Å²) in [5.74, 6) is -4.91. The summed E-state index contributed by atoms with van der Waals surface area (Å²) in [6.07, 6.45) is -8.66. The summed E-state index contributed by atoms with van der Waals surface area (Å²) in [6.45, 7) is 7.94. The van der Waals surface area contributed by atoms with E-state index in [1.165, 1.54) is 53.0 Å². The second-order valence-electron chi connectivity index (χ2n) is 13.5. The van der Waals surface area contributed by atoms with Gasteiger partial charge in [0.05, 0.1) is 30.5 Å². The van der Waals surface area contributed by atoms with Gasteiger partial charge >= 0.3 is 11.9 Å². The van der Waals surface area contributed by atoms with Crippen LogP contribution in [0, 0.1) is 105 Å². The Morgan fingerprint density at radius 3 is 2.23 bits per heavy atom. The number of nitrogens with one attached hydrogen (secondary N) is 1. The van der Waals surface area contributed by atoms with Gasteiger partial charge in [-0.15, -0.1) is 0 Å². The van der Waals surface area contributed by atoms with Gasteiger partial charge in [0.25, 0.3) is 0 Å². The van der Waals surface area contributed by atoms with Crippen LogP contribution in [0.2, 0.25) is 0 Å². The van der Waals surface area contributed by atoms with E-state index >= 15 is 0 Å². The molecule has 0 spiro atoms. The van der Waals surface area contributed by atoms with Crippen LogP contribution in [0.25, 0.3) is 0 Å². The van der Waals surface area contributed by atoms with E-state index in [4.69, 9.17) is 18.6 Å². The number of hydrogen-bond donors (Lipinski definition) is 6. The Balaban J connectivity index is 0.00000300. The molecule has 47 heavy (non-hydrogen) atoms. The summed E-state index contributed by atoms with van der Waals surface area (Å²) in [5.41, 5.74) is -7.32. The summed E-state index contributed by atoms with van der Waals surface area (Å²) in [7, 11) is 0. The molecule has 16 heteroatoms. The van der Waals surface area contributed by atoms with E-state index in [9.17, 15) is 44.7 Å². The third kappa shape index (κ3) is 6.42. The van der Waals surface area contributed by atoms with Gasteiger partial charge in [-0.2, -0.15) is 0 Å². The number of aliphatic hydroxyl groups excluding tert-OH is 3. The fraction of sp³-hybridized carbons (Fsp3) is 0.677. The first-order valence-corrected chi connectivity index (χ1v) is 14.9. The number of hydrogen-bond acceptors (Lipinski definition) is 13. The predicted octanol–water partition coefficient (Wildman–Crippen LogP) is -0.401. The zero-order valence-corrected chi connectivity index (χ0v) is 36.6. The van der Waals surface area contributed by atoms with Crippen LogP contribution in [0.4, 0.5) is 0 Å². The van der Waals surface area contributed by atoms with E-state index < -0.39 is 101 Å². The quantitative estimate of drug-likeness (QED) is 0.158. The Morgan fingerprint density at radius 1 is 1.09 bits per heavy atom. The smallest absolute Gasteiger partial charge is 0.338 e. The van der Waals surface area contributed by atoms with Gasteiger partial charge in [0.1, 0.15) is 41.3 Å². The number of rotatable bonds is 6. The fourth-order valence-corrected chi connectivity index (χ4v) is 8.14. The molecule has 1 saturated heterocycles. The summed E-state index contributed by atoms with van der Waals surface area (Å²) in [5, 5.41) is 61.2. The van der Waals surface area contributed by atoms with Crippen molar-refractivity contribution in [2.45, 2.75) is 108 Å². The Hall–Kier alpha value is -0.257. The molecule has 11 atom stereocenters. The minimum atomic E-state index is -2.22. The van der Waals surface area contributed by atoms with Crippen molar-refractivity contribution in [3.05, 3.63) is 35.3 Å². The molecule has 2 radical (unpaired) electrons. The summed E-state index contributed by atoms with van der Waals surface area (Å²) >= 11 is 0. The Bertz CT molecular complexity index is 1430. The second-order valence-corrected chi connectivity index (χ2v) is 13.5. The number of fused-ring (bicyclic) bond motifs is 5. The number of ketones is 1. The van der Waals surface area contributed by atoms with Gasteiger partial charge in [-0.1, -0.05) is 13.8 Å². The van der Waals surface area contributed by atoms with Crippen LogP contribution in [-0.4, -0.2) is 104 Å². The van der Waals surface area contributed by atoms with Crippen molar-refractivity contribution in [1.82, 2.24) is 5.32 Å². The molecule has 6 N–H and O–H groups in total. The van der Waals surface area contributed by atoms with Crippen molar-refractivity contribution in [3.8, 4) is 0 Å². The first-order chi connectivity index (χ1) is 20.8. The van der Waals surface area contributed by atoms with Crippen molar-refractivity contribution in [2.24, 2.45) is 16.7 Å². The van der Waals surface area contributed by atoms with Crippen LogP contribution in [0.1, 0.15) is 66.2 Å². The van der Waals surface area contributed by atoms with Crippen molar-refractivity contribution in [1.29, 1.82) is 0 Å². The maximum atomic E-state index is 14.3. The van der Waals surface area contributed by atoms with Gasteiger partial charge in [-0.25, -0.2) is 4.79 Å². The van der Waals surface area contributed by atoms with Gasteiger partial charge in [-0.05, 0) is 37.1 Å². The zero-order chi connectivity index (χ0) is 33.4. The number of aliphatic hydroxyl groups is 5. The molecule has 254 valence electrons. The van der Waals surface area contributed by atoms with Gasteiger partial charge in [0.15, 0.2) is 11.9 Å². The zero-order valence-electron chi connectivity index (χ0n) is 27.1. The topological polar surface area (TPSA) is 222 Å². The molecule has 2 bridgehead atoms. The number of esters is 2. The molecule has 2 saturated carbocycles. The molecule has 14 nitrogen and oxygen atoms in total. The first-order valence-electron chi connectivity index (χ1n) is 14.9. The Morgan fingerprint density at radius 2 is 1.72 bits per heavy atom. The summed E-state index contributed by atoms with van der Waals surface area (Å²) < 4.78 is 22.3. The van der Waals surface area contributed by atoms with Crippen LogP contribution < -0.4 is 5.32 Å². The van der Waals surface area contributed by atoms with E-state index in [2.05, 4.69) is 5.32 Å². The number of carbonyl (C=O) groups is 4. The largest absolute Gasteiger partial charge is 0.467 e. The molecular weight excluding hydrogens is 1050 g/mol. The molecule has 0 aromatic carbocycles. The second kappa shape index (κ2) is 14.4. The minimum absolute atomic E-state index is 0. The molecule has 1 unspecified atom stereocenters. The average Bonchev–Trinajstić information content (AvgIpc) is 3.48. The molecule has 2 heterocycles. The standard InChI is InChI=1S/C31H41NO13.2Ac/c1-13-17(45-27(39)23(37)21(32-14(2)33)16-8-7-9-42-16)11-31(41)26(44-15(3)34)24-29(6,18(35)10-19-30(24,40)12-43-19)25(38)22(36)20(13)28(31,4)5;;/h7-9,17-19,21-24,26,35-37,40-41H,10-12H2,1-6H3,(H,32,33);;/t17?,18-,19+,21-,22+,23+,24-,26-,29+,30-,31+;;/m0../s1. The van der Waals surface area contributed by atoms with Crippen molar-refractivity contribution in [3.63, 3.8) is 0 Å². The van der Waals surface area contributed by atoms with Gasteiger partial charge in [0.2, 0.25) is 5.91 Å². The van der Waals surface area contributed by atoms with Gasteiger partial charge in [0, 0.05) is 126 Å². The maximum absolute atomic E-state index is 14.3. The van der Waals surface area contributed by atoms with Crippen LogP contribution in [-0.2, 0) is 33.4 Å².